The summed E-state index contributed by atoms with van der Waals surface area (Å²) in [5.74, 6) is 1.04. The van der Waals surface area contributed by atoms with Gasteiger partial charge in [-0.2, -0.15) is 0 Å². The van der Waals surface area contributed by atoms with Gasteiger partial charge in [-0.15, -0.1) is 0 Å². The highest BCUT2D eigenvalue weighted by Gasteiger charge is 2.27. The summed E-state index contributed by atoms with van der Waals surface area (Å²) >= 11 is 0. The average Bonchev–Trinajstić information content (AvgIpc) is 2.71. The molecule has 2 amide bonds. The standard InChI is InChI=1S/C23H30N2O4/c1-16(2)21(24-22(26)18-8-6-7-17(3)15-18)23(27)25(4)13-14-29-20-11-9-19(28-5)10-12-20/h6-12,15-16,21H,13-14H2,1-5H3,(H,24,26). The van der Waals surface area contributed by atoms with Crippen molar-refractivity contribution in [1.82, 2.24) is 10.2 Å². The number of hydrogen-bond acceptors (Lipinski definition) is 4. The number of methoxy groups -OCH3 is 1. The third-order valence-electron chi connectivity index (χ3n) is 4.63. The lowest BCUT2D eigenvalue weighted by Crippen LogP contribution is -2.50. The van der Waals surface area contributed by atoms with Gasteiger partial charge >= 0.3 is 0 Å². The van der Waals surface area contributed by atoms with Gasteiger partial charge in [-0.05, 0) is 49.2 Å². The molecule has 6 nitrogen and oxygen atoms in total. The van der Waals surface area contributed by atoms with E-state index in [1.165, 1.54) is 0 Å². The summed E-state index contributed by atoms with van der Waals surface area (Å²) in [4.78, 5) is 27.0. The molecular weight excluding hydrogens is 368 g/mol. The zero-order valence-electron chi connectivity index (χ0n) is 17.8. The average molecular weight is 399 g/mol. The van der Waals surface area contributed by atoms with E-state index in [4.69, 9.17) is 9.47 Å². The number of carbonyl (C=O) groups is 2. The number of likely N-dealkylation sites (N-methyl/N-ethyl adjacent to an activating group) is 1. The Labute approximate surface area is 172 Å². The van der Waals surface area contributed by atoms with E-state index in [1.807, 2.05) is 63.2 Å². The fourth-order valence-corrected chi connectivity index (χ4v) is 2.84. The van der Waals surface area contributed by atoms with Gasteiger partial charge in [0.2, 0.25) is 5.91 Å². The van der Waals surface area contributed by atoms with E-state index in [0.717, 1.165) is 11.3 Å². The normalized spacial score (nSPS) is 11.7. The summed E-state index contributed by atoms with van der Waals surface area (Å²) in [6.07, 6.45) is 0. The first-order chi connectivity index (χ1) is 13.8. The first-order valence-corrected chi connectivity index (χ1v) is 9.71. The van der Waals surface area contributed by atoms with Crippen molar-refractivity contribution in [3.05, 3.63) is 59.7 Å². The molecule has 1 unspecified atom stereocenters. The van der Waals surface area contributed by atoms with Crippen molar-refractivity contribution in [2.75, 3.05) is 27.3 Å². The van der Waals surface area contributed by atoms with E-state index in [1.54, 1.807) is 25.1 Å². The van der Waals surface area contributed by atoms with Crippen LogP contribution in [0, 0.1) is 12.8 Å². The van der Waals surface area contributed by atoms with Crippen molar-refractivity contribution >= 4 is 11.8 Å². The highest BCUT2D eigenvalue weighted by Crippen LogP contribution is 2.17. The lowest BCUT2D eigenvalue weighted by Gasteiger charge is -2.27. The number of aryl methyl sites for hydroxylation is 1. The van der Waals surface area contributed by atoms with Gasteiger partial charge in [-0.3, -0.25) is 9.59 Å². The molecule has 29 heavy (non-hydrogen) atoms. The van der Waals surface area contributed by atoms with Crippen molar-refractivity contribution in [3.63, 3.8) is 0 Å². The molecule has 2 aromatic carbocycles. The molecule has 0 saturated carbocycles. The maximum absolute atomic E-state index is 12.9. The number of hydrogen-bond donors (Lipinski definition) is 1. The van der Waals surface area contributed by atoms with Gasteiger partial charge in [0.15, 0.2) is 0 Å². The summed E-state index contributed by atoms with van der Waals surface area (Å²) in [5.41, 5.74) is 1.55. The molecule has 0 aliphatic heterocycles. The molecule has 1 atom stereocenters. The predicted octanol–water partition coefficient (Wildman–Crippen LogP) is 3.30. The Kier molecular flexibility index (Phi) is 8.07. The molecule has 0 spiro atoms. The van der Waals surface area contributed by atoms with Gasteiger partial charge in [0, 0.05) is 12.6 Å². The Bertz CT molecular complexity index is 818. The van der Waals surface area contributed by atoms with E-state index >= 15 is 0 Å². The predicted molar refractivity (Wildman–Crippen MR) is 113 cm³/mol. The first-order valence-electron chi connectivity index (χ1n) is 9.71. The largest absolute Gasteiger partial charge is 0.497 e. The van der Waals surface area contributed by atoms with Crippen LogP contribution < -0.4 is 14.8 Å². The third-order valence-corrected chi connectivity index (χ3v) is 4.63. The molecule has 0 fully saturated rings. The van der Waals surface area contributed by atoms with Crippen LogP contribution in [0.5, 0.6) is 11.5 Å². The maximum Gasteiger partial charge on any atom is 0.251 e. The SMILES string of the molecule is COc1ccc(OCCN(C)C(=O)C(NC(=O)c2cccc(C)c2)C(C)C)cc1. The second-order valence-corrected chi connectivity index (χ2v) is 7.35. The van der Waals surface area contributed by atoms with Gasteiger partial charge < -0.3 is 19.7 Å². The number of ether oxygens (including phenoxy) is 2. The minimum Gasteiger partial charge on any atom is -0.497 e. The molecule has 1 N–H and O–H groups in total. The lowest BCUT2D eigenvalue weighted by molar-refractivity contribution is -0.133. The van der Waals surface area contributed by atoms with Gasteiger partial charge in [0.05, 0.1) is 13.7 Å². The number of rotatable bonds is 9. The topological polar surface area (TPSA) is 67.9 Å². The molecule has 6 heteroatoms. The molecule has 0 saturated heterocycles. The molecule has 0 aliphatic rings. The monoisotopic (exact) mass is 398 g/mol. The van der Waals surface area contributed by atoms with Crippen LogP contribution in [0.3, 0.4) is 0 Å². The molecular formula is C23H30N2O4. The minimum atomic E-state index is -0.603. The van der Waals surface area contributed by atoms with Crippen molar-refractivity contribution in [3.8, 4) is 11.5 Å². The zero-order valence-corrected chi connectivity index (χ0v) is 17.8. The minimum absolute atomic E-state index is 0.0405. The fourth-order valence-electron chi connectivity index (χ4n) is 2.84. The van der Waals surface area contributed by atoms with Crippen LogP contribution in [-0.2, 0) is 4.79 Å². The van der Waals surface area contributed by atoms with E-state index in [-0.39, 0.29) is 17.7 Å². The summed E-state index contributed by atoms with van der Waals surface area (Å²) in [7, 11) is 3.33. The van der Waals surface area contributed by atoms with Crippen LogP contribution in [0.2, 0.25) is 0 Å². The molecule has 2 aromatic rings. The van der Waals surface area contributed by atoms with Crippen LogP contribution in [0.25, 0.3) is 0 Å². The van der Waals surface area contributed by atoms with Gasteiger partial charge in [-0.25, -0.2) is 0 Å². The van der Waals surface area contributed by atoms with Crippen molar-refractivity contribution in [1.29, 1.82) is 0 Å². The fraction of sp³-hybridized carbons (Fsp3) is 0.391. The Hall–Kier alpha value is -3.02. The first kappa shape index (κ1) is 22.3. The Balaban J connectivity index is 1.91. The van der Waals surface area contributed by atoms with Crippen LogP contribution in [-0.4, -0.2) is 50.1 Å². The molecule has 156 valence electrons. The van der Waals surface area contributed by atoms with Crippen molar-refractivity contribution in [2.24, 2.45) is 5.92 Å². The second kappa shape index (κ2) is 10.5. The van der Waals surface area contributed by atoms with E-state index in [2.05, 4.69) is 5.32 Å². The summed E-state index contributed by atoms with van der Waals surface area (Å²) in [6.45, 7) is 6.53. The lowest BCUT2D eigenvalue weighted by atomic mass is 10.0. The summed E-state index contributed by atoms with van der Waals surface area (Å²) < 4.78 is 10.8. The maximum atomic E-state index is 12.9. The molecule has 0 heterocycles. The number of benzene rings is 2. The van der Waals surface area contributed by atoms with E-state index < -0.39 is 6.04 Å². The molecule has 0 aliphatic carbocycles. The summed E-state index contributed by atoms with van der Waals surface area (Å²) in [5, 5.41) is 2.88. The molecule has 0 radical (unpaired) electrons. The van der Waals surface area contributed by atoms with Crippen LogP contribution in [0.4, 0.5) is 0 Å². The second-order valence-electron chi connectivity index (χ2n) is 7.35. The van der Waals surface area contributed by atoms with Crippen LogP contribution in [0.15, 0.2) is 48.5 Å². The Morgan fingerprint density at radius 1 is 1.07 bits per heavy atom. The Morgan fingerprint density at radius 2 is 1.72 bits per heavy atom. The molecule has 2 rings (SSSR count). The van der Waals surface area contributed by atoms with Gasteiger partial charge in [0.25, 0.3) is 5.91 Å². The number of carbonyl (C=O) groups excluding carboxylic acids is 2. The molecule has 0 aromatic heterocycles. The van der Waals surface area contributed by atoms with E-state index in [0.29, 0.717) is 24.5 Å². The van der Waals surface area contributed by atoms with E-state index in [9.17, 15) is 9.59 Å². The van der Waals surface area contributed by atoms with Gasteiger partial charge in [0.1, 0.15) is 24.1 Å². The quantitative estimate of drug-likeness (QED) is 0.704. The highest BCUT2D eigenvalue weighted by atomic mass is 16.5. The van der Waals surface area contributed by atoms with Crippen molar-refractivity contribution < 1.29 is 19.1 Å². The summed E-state index contributed by atoms with van der Waals surface area (Å²) in [6, 6.07) is 14.0. The number of nitrogens with one attached hydrogen (secondary N) is 1. The highest BCUT2D eigenvalue weighted by molar-refractivity contribution is 5.97. The zero-order chi connectivity index (χ0) is 21.4. The van der Waals surface area contributed by atoms with Crippen LogP contribution >= 0.6 is 0 Å². The Morgan fingerprint density at radius 3 is 2.31 bits per heavy atom. The van der Waals surface area contributed by atoms with Crippen LogP contribution in [0.1, 0.15) is 29.8 Å². The smallest absolute Gasteiger partial charge is 0.251 e. The third kappa shape index (κ3) is 6.52. The number of amides is 2. The van der Waals surface area contributed by atoms with Gasteiger partial charge in [-0.1, -0.05) is 31.5 Å². The number of nitrogens with zero attached hydrogens (tertiary/aromatic N) is 1. The molecule has 0 bridgehead atoms. The van der Waals surface area contributed by atoms with Crippen molar-refractivity contribution in [2.45, 2.75) is 26.8 Å².